The molecule has 22 heavy (non-hydrogen) atoms. The Morgan fingerprint density at radius 3 is 2.50 bits per heavy atom. The van der Waals surface area contributed by atoms with Gasteiger partial charge >= 0.3 is 6.18 Å². The van der Waals surface area contributed by atoms with Gasteiger partial charge in [-0.15, -0.1) is 0 Å². The molecule has 7 heteroatoms. The Labute approximate surface area is 127 Å². The lowest BCUT2D eigenvalue weighted by Crippen LogP contribution is -2.49. The summed E-state index contributed by atoms with van der Waals surface area (Å²) in [4.78, 5) is 11.1. The van der Waals surface area contributed by atoms with Crippen molar-refractivity contribution < 1.29 is 22.7 Å². The predicted molar refractivity (Wildman–Crippen MR) is 75.2 cm³/mol. The van der Waals surface area contributed by atoms with E-state index in [4.69, 9.17) is 4.74 Å². The summed E-state index contributed by atoms with van der Waals surface area (Å²) < 4.78 is 44.4. The third-order valence-electron chi connectivity index (χ3n) is 3.70. The highest BCUT2D eigenvalue weighted by molar-refractivity contribution is 5.77. The number of methoxy groups -OCH3 is 1. The molecule has 0 aromatic heterocycles. The minimum absolute atomic E-state index is 0.0458. The third kappa shape index (κ3) is 4.37. The molecule has 2 rings (SSSR count). The van der Waals surface area contributed by atoms with E-state index in [1.165, 1.54) is 0 Å². The van der Waals surface area contributed by atoms with E-state index in [1.54, 1.807) is 19.2 Å². The molecule has 1 aromatic rings. The summed E-state index contributed by atoms with van der Waals surface area (Å²) >= 11 is 0. The highest BCUT2D eigenvalue weighted by Crippen LogP contribution is 2.29. The van der Waals surface area contributed by atoms with Crippen molar-refractivity contribution >= 4 is 5.91 Å². The first kappa shape index (κ1) is 16.6. The van der Waals surface area contributed by atoms with Gasteiger partial charge in [0.25, 0.3) is 0 Å². The zero-order valence-corrected chi connectivity index (χ0v) is 12.3. The second kappa shape index (κ2) is 7.00. The highest BCUT2D eigenvalue weighted by Gasteiger charge is 2.45. The monoisotopic (exact) mass is 316 g/mol. The van der Waals surface area contributed by atoms with Crippen molar-refractivity contribution in [3.63, 3.8) is 0 Å². The maximum atomic E-state index is 13.1. The number of carbonyl (C=O) groups excluding carboxylic acids is 1. The van der Waals surface area contributed by atoms with Gasteiger partial charge in [-0.05, 0) is 37.0 Å². The molecule has 1 aliphatic rings. The van der Waals surface area contributed by atoms with E-state index >= 15 is 0 Å². The van der Waals surface area contributed by atoms with Gasteiger partial charge in [0.15, 0.2) is 0 Å². The summed E-state index contributed by atoms with van der Waals surface area (Å²) in [5.74, 6) is 0.362. The number of hydrazine groups is 1. The Bertz CT molecular complexity index is 503. The standard InChI is InChI=1S/C15H19F3N2O2/c1-22-12-7-5-11(6-8-12)3-2-4-13(15(16,17)18)20-10-9-14(21)19-20/h5-8,13H,2-4,9-10H2,1H3,(H,19,21)/t13-/m0/s1. The largest absolute Gasteiger partial charge is 0.497 e. The van der Waals surface area contributed by atoms with E-state index in [9.17, 15) is 18.0 Å². The molecule has 4 nitrogen and oxygen atoms in total. The molecule has 1 aromatic carbocycles. The van der Waals surface area contributed by atoms with Crippen molar-refractivity contribution in [1.82, 2.24) is 10.4 Å². The van der Waals surface area contributed by atoms with Crippen molar-refractivity contribution in [3.8, 4) is 5.75 Å². The molecule has 1 amide bonds. The van der Waals surface area contributed by atoms with E-state index in [2.05, 4.69) is 5.43 Å². The first-order valence-electron chi connectivity index (χ1n) is 7.16. The maximum absolute atomic E-state index is 13.1. The SMILES string of the molecule is COc1ccc(CCC[C@H](N2CCC(=O)N2)C(F)(F)F)cc1. The quantitative estimate of drug-likeness (QED) is 0.877. The minimum Gasteiger partial charge on any atom is -0.497 e. The van der Waals surface area contributed by atoms with E-state index in [1.807, 2.05) is 12.1 Å². The Balaban J connectivity index is 1.89. The molecule has 0 saturated carbocycles. The van der Waals surface area contributed by atoms with Gasteiger partial charge in [0.2, 0.25) is 5.91 Å². The number of carbonyl (C=O) groups is 1. The molecule has 0 bridgehead atoms. The molecule has 0 unspecified atom stereocenters. The molecular formula is C15H19F3N2O2. The Morgan fingerprint density at radius 2 is 2.00 bits per heavy atom. The van der Waals surface area contributed by atoms with Gasteiger partial charge in [-0.25, -0.2) is 5.01 Å². The molecular weight excluding hydrogens is 297 g/mol. The lowest BCUT2D eigenvalue weighted by atomic mass is 10.0. The van der Waals surface area contributed by atoms with Crippen LogP contribution in [0.5, 0.6) is 5.75 Å². The summed E-state index contributed by atoms with van der Waals surface area (Å²) in [5, 5.41) is 1.01. The van der Waals surface area contributed by atoms with Gasteiger partial charge in [-0.2, -0.15) is 13.2 Å². The van der Waals surface area contributed by atoms with Gasteiger partial charge in [0.05, 0.1) is 7.11 Å². The molecule has 0 aliphatic carbocycles. The van der Waals surface area contributed by atoms with E-state index in [-0.39, 0.29) is 25.3 Å². The second-order valence-electron chi connectivity index (χ2n) is 5.28. The van der Waals surface area contributed by atoms with Gasteiger partial charge in [0.1, 0.15) is 11.8 Å². The summed E-state index contributed by atoms with van der Waals surface area (Å²) in [6, 6.07) is 5.64. The first-order valence-corrected chi connectivity index (χ1v) is 7.16. The third-order valence-corrected chi connectivity index (χ3v) is 3.70. The van der Waals surface area contributed by atoms with Crippen LogP contribution in [0.2, 0.25) is 0 Å². The molecule has 0 spiro atoms. The average molecular weight is 316 g/mol. The van der Waals surface area contributed by atoms with Crippen LogP contribution in [0.4, 0.5) is 13.2 Å². The van der Waals surface area contributed by atoms with Crippen LogP contribution in [0, 0.1) is 0 Å². The topological polar surface area (TPSA) is 41.6 Å². The first-order chi connectivity index (χ1) is 10.4. The Hall–Kier alpha value is -1.76. The van der Waals surface area contributed by atoms with E-state index < -0.39 is 12.2 Å². The number of hydrogen-bond acceptors (Lipinski definition) is 3. The summed E-state index contributed by atoms with van der Waals surface area (Å²) in [6.07, 6.45) is -3.33. The summed E-state index contributed by atoms with van der Waals surface area (Å²) in [7, 11) is 1.56. The van der Waals surface area contributed by atoms with Crippen molar-refractivity contribution in [2.75, 3.05) is 13.7 Å². The van der Waals surface area contributed by atoms with Crippen molar-refractivity contribution in [1.29, 1.82) is 0 Å². The fraction of sp³-hybridized carbons (Fsp3) is 0.533. The fourth-order valence-electron chi connectivity index (χ4n) is 2.52. The van der Waals surface area contributed by atoms with Crippen LogP contribution in [0.3, 0.4) is 0 Å². The second-order valence-corrected chi connectivity index (χ2v) is 5.28. The Kier molecular flexibility index (Phi) is 5.28. The van der Waals surface area contributed by atoms with Crippen LogP contribution in [0.15, 0.2) is 24.3 Å². The smallest absolute Gasteiger partial charge is 0.405 e. The van der Waals surface area contributed by atoms with Crippen LogP contribution in [0.25, 0.3) is 0 Å². The van der Waals surface area contributed by atoms with Crippen LogP contribution in [0.1, 0.15) is 24.8 Å². The van der Waals surface area contributed by atoms with Crippen LogP contribution >= 0.6 is 0 Å². The lowest BCUT2D eigenvalue weighted by Gasteiger charge is -2.28. The average Bonchev–Trinajstić information content (AvgIpc) is 2.89. The van der Waals surface area contributed by atoms with Crippen molar-refractivity contribution in [3.05, 3.63) is 29.8 Å². The summed E-state index contributed by atoms with van der Waals surface area (Å²) in [5.41, 5.74) is 3.25. The predicted octanol–water partition coefficient (Wildman–Crippen LogP) is 2.69. The van der Waals surface area contributed by atoms with Gasteiger partial charge in [-0.3, -0.25) is 10.2 Å². The number of amides is 1. The number of nitrogens with zero attached hydrogens (tertiary/aromatic N) is 1. The molecule has 0 radical (unpaired) electrons. The molecule has 1 saturated heterocycles. The van der Waals surface area contributed by atoms with Crippen LogP contribution in [-0.4, -0.2) is 36.8 Å². The van der Waals surface area contributed by atoms with Gasteiger partial charge in [0, 0.05) is 13.0 Å². The normalized spacial score (nSPS) is 17.4. The lowest BCUT2D eigenvalue weighted by molar-refractivity contribution is -0.190. The number of halogens is 3. The van der Waals surface area contributed by atoms with Crippen molar-refractivity contribution in [2.45, 2.75) is 37.9 Å². The summed E-state index contributed by atoms with van der Waals surface area (Å²) in [6.45, 7) is 0.103. The zero-order valence-electron chi connectivity index (χ0n) is 12.3. The number of hydrogen-bond donors (Lipinski definition) is 1. The minimum atomic E-state index is -4.35. The maximum Gasteiger partial charge on any atom is 0.405 e. The molecule has 1 N–H and O–H groups in total. The highest BCUT2D eigenvalue weighted by atomic mass is 19.4. The molecule has 1 aliphatic heterocycles. The van der Waals surface area contributed by atoms with Crippen LogP contribution in [-0.2, 0) is 11.2 Å². The number of aryl methyl sites for hydroxylation is 1. The zero-order chi connectivity index (χ0) is 16.2. The number of alkyl halides is 3. The fourth-order valence-corrected chi connectivity index (χ4v) is 2.52. The van der Waals surface area contributed by atoms with Gasteiger partial charge in [-0.1, -0.05) is 12.1 Å². The number of nitrogens with one attached hydrogen (secondary N) is 1. The number of benzene rings is 1. The molecule has 1 atom stereocenters. The molecule has 1 heterocycles. The molecule has 122 valence electrons. The van der Waals surface area contributed by atoms with E-state index in [0.717, 1.165) is 16.3 Å². The molecule has 1 fully saturated rings. The number of ether oxygens (including phenoxy) is 1. The van der Waals surface area contributed by atoms with Crippen LogP contribution < -0.4 is 10.2 Å². The number of rotatable bonds is 6. The Morgan fingerprint density at radius 1 is 1.32 bits per heavy atom. The van der Waals surface area contributed by atoms with Gasteiger partial charge < -0.3 is 4.74 Å². The van der Waals surface area contributed by atoms with E-state index in [0.29, 0.717) is 12.8 Å². The van der Waals surface area contributed by atoms with Crippen molar-refractivity contribution in [2.24, 2.45) is 0 Å².